The SMILES string of the molecule is O=C(O)CCc1nnc2ccc(-c3ccncc3)nn12. The first-order valence-electron chi connectivity index (χ1n) is 6.07. The molecule has 3 aromatic rings. The summed E-state index contributed by atoms with van der Waals surface area (Å²) in [5, 5.41) is 21.1. The molecule has 0 aromatic carbocycles. The molecule has 0 saturated heterocycles. The number of rotatable bonds is 4. The van der Waals surface area contributed by atoms with E-state index in [1.807, 2.05) is 18.2 Å². The maximum Gasteiger partial charge on any atom is 0.303 e. The number of carboxylic acid groups (broad SMARTS) is 1. The summed E-state index contributed by atoms with van der Waals surface area (Å²) >= 11 is 0. The first kappa shape index (κ1) is 12.2. The number of aromatic nitrogens is 5. The number of hydrogen-bond acceptors (Lipinski definition) is 5. The lowest BCUT2D eigenvalue weighted by Gasteiger charge is -2.02. The van der Waals surface area contributed by atoms with Crippen molar-refractivity contribution in [2.45, 2.75) is 12.8 Å². The average molecular weight is 269 g/mol. The summed E-state index contributed by atoms with van der Waals surface area (Å²) in [6.07, 6.45) is 3.68. The summed E-state index contributed by atoms with van der Waals surface area (Å²) in [6.45, 7) is 0. The van der Waals surface area contributed by atoms with Crippen LogP contribution in [0, 0.1) is 0 Å². The quantitative estimate of drug-likeness (QED) is 0.765. The van der Waals surface area contributed by atoms with Gasteiger partial charge in [-0.2, -0.15) is 9.61 Å². The van der Waals surface area contributed by atoms with Gasteiger partial charge in [-0.1, -0.05) is 0 Å². The summed E-state index contributed by atoms with van der Waals surface area (Å²) in [6, 6.07) is 7.37. The van der Waals surface area contributed by atoms with Crippen molar-refractivity contribution in [3.8, 4) is 11.3 Å². The number of pyridine rings is 1. The second-order valence-electron chi connectivity index (χ2n) is 4.23. The molecule has 7 heteroatoms. The molecule has 7 nitrogen and oxygen atoms in total. The fraction of sp³-hybridized carbons (Fsp3) is 0.154. The zero-order valence-electron chi connectivity index (χ0n) is 10.5. The molecular formula is C13H11N5O2. The Bertz CT molecular complexity index is 754. The van der Waals surface area contributed by atoms with E-state index in [1.54, 1.807) is 23.0 Å². The van der Waals surface area contributed by atoms with Crippen LogP contribution in [0.2, 0.25) is 0 Å². The summed E-state index contributed by atoms with van der Waals surface area (Å²) < 4.78 is 1.58. The zero-order valence-corrected chi connectivity index (χ0v) is 10.5. The van der Waals surface area contributed by atoms with Crippen LogP contribution in [0.25, 0.3) is 16.9 Å². The topological polar surface area (TPSA) is 93.3 Å². The van der Waals surface area contributed by atoms with E-state index in [0.29, 0.717) is 17.9 Å². The lowest BCUT2D eigenvalue weighted by molar-refractivity contribution is -0.137. The number of carboxylic acids is 1. The van der Waals surface area contributed by atoms with Gasteiger partial charge in [0.1, 0.15) is 0 Å². The Morgan fingerprint density at radius 3 is 2.70 bits per heavy atom. The summed E-state index contributed by atoms with van der Waals surface area (Å²) in [7, 11) is 0. The predicted molar refractivity (Wildman–Crippen MR) is 70.0 cm³/mol. The molecule has 3 heterocycles. The first-order valence-corrected chi connectivity index (χ1v) is 6.07. The highest BCUT2D eigenvalue weighted by Gasteiger charge is 2.10. The Kier molecular flexibility index (Phi) is 3.08. The monoisotopic (exact) mass is 269 g/mol. The van der Waals surface area contributed by atoms with Gasteiger partial charge < -0.3 is 5.11 Å². The van der Waals surface area contributed by atoms with E-state index in [-0.39, 0.29) is 6.42 Å². The molecule has 0 fully saturated rings. The molecule has 3 aromatic heterocycles. The third-order valence-corrected chi connectivity index (χ3v) is 2.87. The van der Waals surface area contributed by atoms with Gasteiger partial charge in [0.2, 0.25) is 0 Å². The highest BCUT2D eigenvalue weighted by atomic mass is 16.4. The molecule has 3 rings (SSSR count). The van der Waals surface area contributed by atoms with Gasteiger partial charge in [0, 0.05) is 24.4 Å². The third kappa shape index (κ3) is 2.33. The molecule has 20 heavy (non-hydrogen) atoms. The Morgan fingerprint density at radius 1 is 1.15 bits per heavy atom. The minimum absolute atomic E-state index is 0.00194. The van der Waals surface area contributed by atoms with Gasteiger partial charge in [-0.25, -0.2) is 0 Å². The molecule has 0 bridgehead atoms. The van der Waals surface area contributed by atoms with E-state index in [2.05, 4.69) is 20.3 Å². The number of nitrogens with zero attached hydrogens (tertiary/aromatic N) is 5. The smallest absolute Gasteiger partial charge is 0.303 e. The van der Waals surface area contributed by atoms with E-state index >= 15 is 0 Å². The predicted octanol–water partition coefficient (Wildman–Crippen LogP) is 1.20. The van der Waals surface area contributed by atoms with Crippen LogP contribution in [0.3, 0.4) is 0 Å². The van der Waals surface area contributed by atoms with Crippen LogP contribution >= 0.6 is 0 Å². The van der Waals surface area contributed by atoms with Crippen LogP contribution in [0.1, 0.15) is 12.2 Å². The number of aliphatic carboxylic acids is 1. The molecule has 1 N–H and O–H groups in total. The minimum atomic E-state index is -0.868. The number of carbonyl (C=O) groups is 1. The highest BCUT2D eigenvalue weighted by Crippen LogP contribution is 2.16. The van der Waals surface area contributed by atoms with Crippen molar-refractivity contribution in [1.82, 2.24) is 24.8 Å². The molecule has 0 aliphatic carbocycles. The second kappa shape index (κ2) is 5.04. The first-order chi connectivity index (χ1) is 9.74. The van der Waals surface area contributed by atoms with Crippen molar-refractivity contribution in [2.75, 3.05) is 0 Å². The van der Waals surface area contributed by atoms with Crippen molar-refractivity contribution in [3.63, 3.8) is 0 Å². The number of fused-ring (bicyclic) bond motifs is 1. The van der Waals surface area contributed by atoms with Gasteiger partial charge in [-0.15, -0.1) is 10.2 Å². The number of aryl methyl sites for hydroxylation is 1. The minimum Gasteiger partial charge on any atom is -0.481 e. The second-order valence-corrected chi connectivity index (χ2v) is 4.23. The number of hydrogen-bond donors (Lipinski definition) is 1. The van der Waals surface area contributed by atoms with Crippen LogP contribution in [0.15, 0.2) is 36.7 Å². The van der Waals surface area contributed by atoms with Crippen molar-refractivity contribution in [1.29, 1.82) is 0 Å². The maximum atomic E-state index is 10.6. The van der Waals surface area contributed by atoms with Crippen LogP contribution in [0.5, 0.6) is 0 Å². The molecule has 0 spiro atoms. The van der Waals surface area contributed by atoms with Crippen molar-refractivity contribution in [2.24, 2.45) is 0 Å². The maximum absolute atomic E-state index is 10.6. The Hall–Kier alpha value is -2.83. The van der Waals surface area contributed by atoms with Crippen LogP contribution < -0.4 is 0 Å². The molecule has 100 valence electrons. The molecule has 0 atom stereocenters. The Balaban J connectivity index is 2.01. The van der Waals surface area contributed by atoms with Gasteiger partial charge in [-0.3, -0.25) is 9.78 Å². The lowest BCUT2D eigenvalue weighted by atomic mass is 10.2. The normalized spacial score (nSPS) is 10.8. The standard InChI is InChI=1S/C13H11N5O2/c19-13(20)4-3-12-16-15-11-2-1-10(17-18(11)12)9-5-7-14-8-6-9/h1-2,5-8H,3-4H2,(H,19,20). The fourth-order valence-electron chi connectivity index (χ4n) is 1.88. The van der Waals surface area contributed by atoms with E-state index in [0.717, 1.165) is 11.3 Å². The van der Waals surface area contributed by atoms with Gasteiger partial charge in [-0.05, 0) is 24.3 Å². The third-order valence-electron chi connectivity index (χ3n) is 2.87. The van der Waals surface area contributed by atoms with Crippen LogP contribution in [0.4, 0.5) is 0 Å². The summed E-state index contributed by atoms with van der Waals surface area (Å²) in [4.78, 5) is 14.6. The van der Waals surface area contributed by atoms with E-state index in [4.69, 9.17) is 5.11 Å². The van der Waals surface area contributed by atoms with Crippen LogP contribution in [-0.4, -0.2) is 35.9 Å². The largest absolute Gasteiger partial charge is 0.481 e. The molecule has 0 unspecified atom stereocenters. The van der Waals surface area contributed by atoms with Gasteiger partial charge >= 0.3 is 5.97 Å². The van der Waals surface area contributed by atoms with E-state index < -0.39 is 5.97 Å². The zero-order chi connectivity index (χ0) is 13.9. The van der Waals surface area contributed by atoms with Crippen molar-refractivity contribution < 1.29 is 9.90 Å². The summed E-state index contributed by atoms with van der Waals surface area (Å²) in [5.74, 6) is -0.328. The van der Waals surface area contributed by atoms with Gasteiger partial charge in [0.15, 0.2) is 11.5 Å². The van der Waals surface area contributed by atoms with Gasteiger partial charge in [0.25, 0.3) is 0 Å². The molecular weight excluding hydrogens is 258 g/mol. The van der Waals surface area contributed by atoms with E-state index in [9.17, 15) is 4.79 Å². The highest BCUT2D eigenvalue weighted by molar-refractivity contribution is 5.67. The van der Waals surface area contributed by atoms with Crippen molar-refractivity contribution in [3.05, 3.63) is 42.5 Å². The lowest BCUT2D eigenvalue weighted by Crippen LogP contribution is -2.04. The average Bonchev–Trinajstić information content (AvgIpc) is 2.88. The molecule has 0 aliphatic heterocycles. The molecule has 0 amide bonds. The van der Waals surface area contributed by atoms with Crippen molar-refractivity contribution >= 4 is 11.6 Å². The van der Waals surface area contributed by atoms with Crippen LogP contribution in [-0.2, 0) is 11.2 Å². The Morgan fingerprint density at radius 2 is 1.95 bits per heavy atom. The Labute approximate surface area is 113 Å². The van der Waals surface area contributed by atoms with E-state index in [1.165, 1.54) is 0 Å². The summed E-state index contributed by atoms with van der Waals surface area (Å²) in [5.41, 5.74) is 2.29. The fourth-order valence-corrected chi connectivity index (χ4v) is 1.88. The van der Waals surface area contributed by atoms with Gasteiger partial charge in [0.05, 0.1) is 12.1 Å². The molecule has 0 radical (unpaired) electrons. The molecule has 0 saturated carbocycles. The molecule has 0 aliphatic rings.